The lowest BCUT2D eigenvalue weighted by Crippen LogP contribution is -1.93. The van der Waals surface area contributed by atoms with Gasteiger partial charge in [0, 0.05) is 10.2 Å². The van der Waals surface area contributed by atoms with Crippen molar-refractivity contribution in [1.29, 1.82) is 0 Å². The summed E-state index contributed by atoms with van der Waals surface area (Å²) in [6.45, 7) is 4.61. The van der Waals surface area contributed by atoms with E-state index in [-0.39, 0.29) is 0 Å². The van der Waals surface area contributed by atoms with Crippen LogP contribution in [-0.4, -0.2) is 10.2 Å². The monoisotopic (exact) mass is 382 g/mol. The Morgan fingerprint density at radius 2 is 0.615 bits per heavy atom. The van der Waals surface area contributed by atoms with E-state index < -0.39 is 0 Å². The van der Waals surface area contributed by atoms with Crippen LogP contribution in [0.2, 0.25) is 5.54 Å². The van der Waals surface area contributed by atoms with Gasteiger partial charge in [0.1, 0.15) is 0 Å². The Hall–Kier alpha value is 0.217. The van der Waals surface area contributed by atoms with Crippen molar-refractivity contribution >= 4 is 10.2 Å². The van der Waals surface area contributed by atoms with Crippen molar-refractivity contribution in [3.05, 3.63) is 0 Å². The molecule has 0 saturated carbocycles. The van der Waals surface area contributed by atoms with Crippen LogP contribution in [-0.2, 0) is 0 Å². The van der Waals surface area contributed by atoms with Crippen LogP contribution in [0.1, 0.15) is 155 Å². The van der Waals surface area contributed by atoms with Gasteiger partial charge in [0.25, 0.3) is 0 Å². The lowest BCUT2D eigenvalue weighted by Gasteiger charge is -2.11. The predicted octanol–water partition coefficient (Wildman–Crippen LogP) is 8.76. The van der Waals surface area contributed by atoms with Gasteiger partial charge < -0.3 is 0 Å². The summed E-state index contributed by atoms with van der Waals surface area (Å²) in [5.41, 5.74) is 1.11. The van der Waals surface area contributed by atoms with E-state index in [9.17, 15) is 0 Å². The molecule has 158 valence electrons. The topological polar surface area (TPSA) is 0 Å². The zero-order valence-electron chi connectivity index (χ0n) is 19.1. The van der Waals surface area contributed by atoms with Gasteiger partial charge in [-0.25, -0.2) is 0 Å². The smallest absolute Gasteiger partial charge is 0.00672 e. The summed E-state index contributed by atoms with van der Waals surface area (Å²) < 4.78 is 0. The predicted molar refractivity (Wildman–Crippen MR) is 127 cm³/mol. The van der Waals surface area contributed by atoms with Crippen molar-refractivity contribution in [3.63, 3.8) is 0 Å². The van der Waals surface area contributed by atoms with Gasteiger partial charge in [0.05, 0.1) is 0 Å². The molecular formula is C25H54Si. The third-order valence-corrected chi connectivity index (χ3v) is 7.26. The minimum atomic E-state index is 1.11. The summed E-state index contributed by atoms with van der Waals surface area (Å²) >= 11 is 0. The highest BCUT2D eigenvalue weighted by Crippen LogP contribution is 2.21. The fourth-order valence-corrected chi connectivity index (χ4v) is 4.92. The number of rotatable bonds is 22. The molecule has 0 amide bonds. The van der Waals surface area contributed by atoms with Gasteiger partial charge in [0.15, 0.2) is 0 Å². The second-order valence-electron chi connectivity index (χ2n) is 9.05. The molecule has 0 unspecified atom stereocenters. The lowest BCUT2D eigenvalue weighted by atomic mass is 10.0. The Labute approximate surface area is 171 Å². The summed E-state index contributed by atoms with van der Waals surface area (Å²) in [6.07, 6.45) is 32.6. The standard InChI is InChI=1S/C25H54Si/c1-3-5-7-9-11-13-15-17-19-21-23-25(26)24-22-20-18-16-14-12-10-8-6-4-2/h25H,3-24H2,1-2,26H3. The molecular weight excluding hydrogens is 328 g/mol. The zero-order valence-corrected chi connectivity index (χ0v) is 21.1. The van der Waals surface area contributed by atoms with Crippen LogP contribution in [0, 0.1) is 0 Å². The van der Waals surface area contributed by atoms with Gasteiger partial charge in [-0.15, -0.1) is 0 Å². The van der Waals surface area contributed by atoms with Crippen LogP contribution in [0.4, 0.5) is 0 Å². The molecule has 0 spiro atoms. The highest BCUT2D eigenvalue weighted by Gasteiger charge is 2.02. The third kappa shape index (κ3) is 22.3. The molecule has 0 aliphatic carbocycles. The number of hydrogen-bond acceptors (Lipinski definition) is 0. The Morgan fingerprint density at radius 1 is 0.385 bits per heavy atom. The largest absolute Gasteiger partial charge is 0.0654 e. The number of hydrogen-bond donors (Lipinski definition) is 0. The maximum absolute atomic E-state index is 2.31. The molecule has 0 aromatic carbocycles. The first-order chi connectivity index (χ1) is 12.8. The van der Waals surface area contributed by atoms with E-state index in [0.717, 1.165) is 5.54 Å². The second-order valence-corrected chi connectivity index (χ2v) is 10.7. The zero-order chi connectivity index (χ0) is 19.1. The first-order valence-electron chi connectivity index (χ1n) is 12.8. The molecule has 0 aromatic heterocycles. The molecule has 0 aromatic rings. The molecule has 0 fully saturated rings. The van der Waals surface area contributed by atoms with E-state index in [1.54, 1.807) is 12.8 Å². The van der Waals surface area contributed by atoms with E-state index in [2.05, 4.69) is 13.8 Å². The molecule has 0 bridgehead atoms. The van der Waals surface area contributed by atoms with Crippen LogP contribution in [0.3, 0.4) is 0 Å². The highest BCUT2D eigenvalue weighted by atomic mass is 28.1. The Morgan fingerprint density at radius 3 is 0.885 bits per heavy atom. The van der Waals surface area contributed by atoms with Crippen LogP contribution in [0.5, 0.6) is 0 Å². The SMILES string of the molecule is CCCCCCCCCCCCC([SiH3])CCCCCCCCCCCC. The molecule has 0 nitrogen and oxygen atoms in total. The normalized spacial score (nSPS) is 11.7. The summed E-state index contributed by atoms with van der Waals surface area (Å²) in [4.78, 5) is 0. The van der Waals surface area contributed by atoms with Crippen molar-refractivity contribution in [2.24, 2.45) is 0 Å². The Balaban J connectivity index is 3.12. The maximum Gasteiger partial charge on any atom is 0.00672 e. The summed E-state index contributed by atoms with van der Waals surface area (Å²) in [6, 6.07) is 0. The molecule has 0 N–H and O–H groups in total. The fourth-order valence-electron chi connectivity index (χ4n) is 4.10. The lowest BCUT2D eigenvalue weighted by molar-refractivity contribution is 0.519. The quantitative estimate of drug-likeness (QED) is 0.130. The highest BCUT2D eigenvalue weighted by molar-refractivity contribution is 6.11. The van der Waals surface area contributed by atoms with E-state index in [1.807, 2.05) is 0 Å². The minimum absolute atomic E-state index is 1.11. The van der Waals surface area contributed by atoms with E-state index in [0.29, 0.717) is 0 Å². The van der Waals surface area contributed by atoms with Gasteiger partial charge >= 0.3 is 0 Å². The maximum atomic E-state index is 2.31. The van der Waals surface area contributed by atoms with Gasteiger partial charge in [-0.05, 0) is 0 Å². The van der Waals surface area contributed by atoms with Crippen molar-refractivity contribution < 1.29 is 0 Å². The van der Waals surface area contributed by atoms with E-state index >= 15 is 0 Å². The average molecular weight is 383 g/mol. The first kappa shape index (κ1) is 26.2. The van der Waals surface area contributed by atoms with E-state index in [1.165, 1.54) is 139 Å². The van der Waals surface area contributed by atoms with Crippen molar-refractivity contribution in [3.8, 4) is 0 Å². The van der Waals surface area contributed by atoms with Crippen molar-refractivity contribution in [1.82, 2.24) is 0 Å². The molecule has 0 saturated heterocycles. The van der Waals surface area contributed by atoms with Gasteiger partial charge in [-0.1, -0.05) is 161 Å². The molecule has 0 aliphatic rings. The molecule has 0 atom stereocenters. The van der Waals surface area contributed by atoms with Crippen LogP contribution in [0.15, 0.2) is 0 Å². The summed E-state index contributed by atoms with van der Waals surface area (Å²) in [5.74, 6) is 0. The second kappa shape index (κ2) is 23.3. The van der Waals surface area contributed by atoms with Gasteiger partial charge in [-0.3, -0.25) is 0 Å². The molecule has 26 heavy (non-hydrogen) atoms. The minimum Gasteiger partial charge on any atom is -0.0654 e. The number of unbranched alkanes of at least 4 members (excludes halogenated alkanes) is 18. The van der Waals surface area contributed by atoms with Crippen molar-refractivity contribution in [2.75, 3.05) is 0 Å². The van der Waals surface area contributed by atoms with Crippen LogP contribution in [0.25, 0.3) is 0 Å². The van der Waals surface area contributed by atoms with Crippen LogP contribution >= 0.6 is 0 Å². The third-order valence-electron chi connectivity index (χ3n) is 6.10. The fraction of sp³-hybridized carbons (Fsp3) is 1.00. The van der Waals surface area contributed by atoms with Crippen LogP contribution < -0.4 is 0 Å². The van der Waals surface area contributed by atoms with Crippen molar-refractivity contribution in [2.45, 2.75) is 161 Å². The summed E-state index contributed by atoms with van der Waals surface area (Å²) in [5, 5.41) is 0. The Kier molecular flexibility index (Phi) is 23.5. The molecule has 0 aliphatic heterocycles. The molecule has 0 radical (unpaired) electrons. The Bertz CT molecular complexity index is 214. The molecule has 0 heterocycles. The first-order valence-corrected chi connectivity index (χ1v) is 14.0. The van der Waals surface area contributed by atoms with Gasteiger partial charge in [0.2, 0.25) is 0 Å². The summed E-state index contributed by atoms with van der Waals surface area (Å²) in [7, 11) is 1.43. The molecule has 0 rings (SSSR count). The van der Waals surface area contributed by atoms with E-state index in [4.69, 9.17) is 0 Å². The van der Waals surface area contributed by atoms with Gasteiger partial charge in [-0.2, -0.15) is 0 Å². The average Bonchev–Trinajstić information content (AvgIpc) is 2.64. The molecule has 1 heteroatoms.